The smallest absolute Gasteiger partial charge is 0.243 e. The summed E-state index contributed by atoms with van der Waals surface area (Å²) in [5.74, 6) is 0. The third kappa shape index (κ3) is 3.24. The number of sulfonamides is 1. The average molecular weight is 354 g/mol. The predicted octanol–water partition coefficient (Wildman–Crippen LogP) is 2.13. The maximum absolute atomic E-state index is 12.3. The molecule has 1 atom stereocenters. The lowest BCUT2D eigenvalue weighted by Crippen LogP contribution is -2.45. The lowest BCUT2D eigenvalue weighted by Gasteiger charge is -2.24. The van der Waals surface area contributed by atoms with Crippen molar-refractivity contribution in [1.29, 1.82) is 0 Å². The van der Waals surface area contributed by atoms with Crippen LogP contribution in [0.5, 0.6) is 0 Å². The first-order chi connectivity index (χ1) is 8.50. The maximum atomic E-state index is 12.3. The minimum Gasteiger partial charge on any atom is -0.315 e. The van der Waals surface area contributed by atoms with E-state index < -0.39 is 10.0 Å². The molecule has 1 aromatic rings. The molecule has 2 rings (SSSR count). The van der Waals surface area contributed by atoms with Crippen LogP contribution in [0.4, 0.5) is 0 Å². The number of rotatable bonds is 3. The van der Waals surface area contributed by atoms with E-state index in [1.54, 1.807) is 18.2 Å². The number of benzene rings is 1. The van der Waals surface area contributed by atoms with Gasteiger partial charge in [-0.05, 0) is 47.4 Å². The van der Waals surface area contributed by atoms with Crippen molar-refractivity contribution in [2.45, 2.75) is 23.8 Å². The topological polar surface area (TPSA) is 58.2 Å². The molecule has 0 bridgehead atoms. The first-order valence-electron chi connectivity index (χ1n) is 5.68. The summed E-state index contributed by atoms with van der Waals surface area (Å²) in [4.78, 5) is 0.109. The van der Waals surface area contributed by atoms with Crippen LogP contribution in [0.1, 0.15) is 12.8 Å². The molecule has 0 unspecified atom stereocenters. The van der Waals surface area contributed by atoms with E-state index in [0.717, 1.165) is 19.4 Å². The van der Waals surface area contributed by atoms with E-state index in [9.17, 15) is 8.42 Å². The van der Waals surface area contributed by atoms with Crippen LogP contribution in [0.3, 0.4) is 0 Å². The fourth-order valence-electron chi connectivity index (χ4n) is 1.97. The fraction of sp³-hybridized carbons (Fsp3) is 0.455. The number of hydrogen-bond acceptors (Lipinski definition) is 3. The summed E-state index contributed by atoms with van der Waals surface area (Å²) in [7, 11) is -3.59. The molecule has 2 N–H and O–H groups in total. The minimum atomic E-state index is -3.59. The van der Waals surface area contributed by atoms with E-state index >= 15 is 0 Å². The van der Waals surface area contributed by atoms with E-state index in [0.29, 0.717) is 11.0 Å². The second kappa shape index (κ2) is 5.88. The summed E-state index contributed by atoms with van der Waals surface area (Å²) in [5, 5.41) is 3.39. The molecule has 1 aromatic carbocycles. The van der Waals surface area contributed by atoms with Gasteiger partial charge in [0.05, 0.1) is 5.02 Å². The van der Waals surface area contributed by atoms with Crippen molar-refractivity contribution >= 4 is 37.6 Å². The quantitative estimate of drug-likeness (QED) is 0.875. The third-order valence-corrected chi connectivity index (χ3v) is 5.78. The van der Waals surface area contributed by atoms with Crippen LogP contribution in [0.25, 0.3) is 0 Å². The van der Waals surface area contributed by atoms with Crippen molar-refractivity contribution in [2.75, 3.05) is 13.1 Å². The molecule has 4 nitrogen and oxygen atoms in total. The van der Waals surface area contributed by atoms with E-state index in [4.69, 9.17) is 11.6 Å². The molecule has 0 aromatic heterocycles. The normalized spacial score (nSPS) is 20.9. The first kappa shape index (κ1) is 14.3. The number of piperidine rings is 1. The average Bonchev–Trinajstić information content (AvgIpc) is 2.28. The van der Waals surface area contributed by atoms with Gasteiger partial charge in [0.2, 0.25) is 10.0 Å². The van der Waals surface area contributed by atoms with Crippen LogP contribution >= 0.6 is 27.5 Å². The molecule has 0 radical (unpaired) electrons. The number of nitrogens with one attached hydrogen (secondary N) is 2. The molecule has 1 fully saturated rings. The minimum absolute atomic E-state index is 0.0769. The molecule has 1 saturated heterocycles. The van der Waals surface area contributed by atoms with Crippen LogP contribution in [0.2, 0.25) is 5.02 Å². The fourth-order valence-corrected chi connectivity index (χ4v) is 4.98. The van der Waals surface area contributed by atoms with Crippen molar-refractivity contribution in [1.82, 2.24) is 10.0 Å². The highest BCUT2D eigenvalue weighted by Gasteiger charge is 2.25. The van der Waals surface area contributed by atoms with Gasteiger partial charge >= 0.3 is 0 Å². The van der Waals surface area contributed by atoms with Crippen LogP contribution in [-0.4, -0.2) is 27.5 Å². The van der Waals surface area contributed by atoms with Gasteiger partial charge in [-0.25, -0.2) is 13.1 Å². The summed E-state index contributed by atoms with van der Waals surface area (Å²) in [5.41, 5.74) is 0. The monoisotopic (exact) mass is 352 g/mol. The lowest BCUT2D eigenvalue weighted by atomic mass is 10.1. The van der Waals surface area contributed by atoms with E-state index in [2.05, 4.69) is 26.0 Å². The first-order valence-corrected chi connectivity index (χ1v) is 8.33. The Kier molecular flexibility index (Phi) is 4.66. The molecule has 7 heteroatoms. The highest BCUT2D eigenvalue weighted by atomic mass is 79.9. The van der Waals surface area contributed by atoms with Gasteiger partial charge in [0.1, 0.15) is 4.90 Å². The largest absolute Gasteiger partial charge is 0.315 e. The summed E-state index contributed by atoms with van der Waals surface area (Å²) < 4.78 is 27.7. The van der Waals surface area contributed by atoms with Gasteiger partial charge in [-0.2, -0.15) is 0 Å². The van der Waals surface area contributed by atoms with Crippen molar-refractivity contribution in [3.05, 3.63) is 27.7 Å². The Hall–Kier alpha value is -0.140. The van der Waals surface area contributed by atoms with Gasteiger partial charge in [-0.3, -0.25) is 0 Å². The Morgan fingerprint density at radius 1 is 1.44 bits per heavy atom. The lowest BCUT2D eigenvalue weighted by molar-refractivity contribution is 0.428. The number of halogens is 2. The molecular weight excluding hydrogens is 340 g/mol. The zero-order valence-corrected chi connectivity index (χ0v) is 12.8. The highest BCUT2D eigenvalue weighted by molar-refractivity contribution is 9.10. The van der Waals surface area contributed by atoms with Crippen molar-refractivity contribution < 1.29 is 8.42 Å². The summed E-state index contributed by atoms with van der Waals surface area (Å²) in [6, 6.07) is 4.86. The van der Waals surface area contributed by atoms with Crippen LogP contribution in [-0.2, 0) is 10.0 Å². The molecule has 0 spiro atoms. The van der Waals surface area contributed by atoms with E-state index in [1.807, 2.05) is 0 Å². The van der Waals surface area contributed by atoms with Crippen LogP contribution in [0.15, 0.2) is 27.6 Å². The third-order valence-electron chi connectivity index (χ3n) is 2.81. The van der Waals surface area contributed by atoms with Crippen molar-refractivity contribution in [3.8, 4) is 0 Å². The van der Waals surface area contributed by atoms with E-state index in [1.165, 1.54) is 0 Å². The van der Waals surface area contributed by atoms with Gasteiger partial charge in [0.25, 0.3) is 0 Å². The molecule has 1 aliphatic rings. The molecule has 18 heavy (non-hydrogen) atoms. The molecule has 0 aliphatic carbocycles. The zero-order chi connectivity index (χ0) is 13.2. The van der Waals surface area contributed by atoms with Gasteiger partial charge in [-0.15, -0.1) is 0 Å². The Balaban J connectivity index is 2.25. The second-order valence-corrected chi connectivity index (χ2v) is 7.13. The standard InChI is InChI=1S/C11H14BrClN2O2S/c12-9-4-1-5-10(13)11(9)18(16,17)15-8-3-2-6-14-7-8/h1,4-5,8,14-15H,2-3,6-7H2/t8-/m0/s1. The molecule has 1 aliphatic heterocycles. The second-order valence-electron chi connectivity index (χ2n) is 4.22. The Morgan fingerprint density at radius 3 is 2.83 bits per heavy atom. The van der Waals surface area contributed by atoms with Crippen LogP contribution in [0, 0.1) is 0 Å². The Morgan fingerprint density at radius 2 is 2.22 bits per heavy atom. The molecule has 0 amide bonds. The molecule has 0 saturated carbocycles. The van der Waals surface area contributed by atoms with Gasteiger partial charge in [-0.1, -0.05) is 17.7 Å². The molecular formula is C11H14BrClN2O2S. The highest BCUT2D eigenvalue weighted by Crippen LogP contribution is 2.29. The Labute approximate surface area is 120 Å². The molecule has 100 valence electrons. The number of hydrogen-bond donors (Lipinski definition) is 2. The van der Waals surface area contributed by atoms with E-state index in [-0.39, 0.29) is 16.0 Å². The molecule has 1 heterocycles. The van der Waals surface area contributed by atoms with Gasteiger partial charge in [0, 0.05) is 17.1 Å². The summed E-state index contributed by atoms with van der Waals surface area (Å²) in [6.07, 6.45) is 1.81. The zero-order valence-electron chi connectivity index (χ0n) is 9.62. The van der Waals surface area contributed by atoms with Crippen molar-refractivity contribution in [2.24, 2.45) is 0 Å². The Bertz CT molecular complexity index is 510. The SMILES string of the molecule is O=S(=O)(N[C@H]1CCCNC1)c1c(Cl)cccc1Br. The van der Waals surface area contributed by atoms with Crippen LogP contribution < -0.4 is 10.0 Å². The maximum Gasteiger partial charge on any atom is 0.243 e. The summed E-state index contributed by atoms with van der Waals surface area (Å²) >= 11 is 9.20. The van der Waals surface area contributed by atoms with Crippen molar-refractivity contribution in [3.63, 3.8) is 0 Å². The summed E-state index contributed by atoms with van der Waals surface area (Å²) in [6.45, 7) is 1.59. The van der Waals surface area contributed by atoms with Gasteiger partial charge in [0.15, 0.2) is 0 Å². The predicted molar refractivity (Wildman–Crippen MR) is 75.4 cm³/mol. The van der Waals surface area contributed by atoms with Gasteiger partial charge < -0.3 is 5.32 Å².